The Balaban J connectivity index is 1.59. The molecule has 1 saturated heterocycles. The van der Waals surface area contributed by atoms with Crippen molar-refractivity contribution >= 4 is 16.0 Å². The van der Waals surface area contributed by atoms with Gasteiger partial charge in [-0.25, -0.2) is 8.42 Å². The van der Waals surface area contributed by atoms with Crippen molar-refractivity contribution in [1.82, 2.24) is 4.31 Å². The molecule has 1 aliphatic heterocycles. The topological polar surface area (TPSA) is 63.7 Å². The number of piperidine rings is 1. The second-order valence-corrected chi connectivity index (χ2v) is 9.50. The zero-order valence-electron chi connectivity index (χ0n) is 14.1. The largest absolute Gasteiger partial charge is 0.461 e. The summed E-state index contributed by atoms with van der Waals surface area (Å²) in [6.07, 6.45) is 11.8. The standard InChI is InChI=1S/C17H29NO4S/c1-23(20,21)18-11-5-4-8-16(18)17(19)22-15-10-9-13-6-2-3-7-14(13)12-15/h13-16H,2-12H2,1H3/t13-,14-,15+,16+/m0/s1. The average Bonchev–Trinajstić information content (AvgIpc) is 2.54. The van der Waals surface area contributed by atoms with E-state index < -0.39 is 16.1 Å². The highest BCUT2D eigenvalue weighted by molar-refractivity contribution is 7.88. The van der Waals surface area contributed by atoms with Crippen molar-refractivity contribution in [2.75, 3.05) is 12.8 Å². The molecule has 3 fully saturated rings. The normalized spacial score (nSPS) is 36.2. The van der Waals surface area contributed by atoms with E-state index in [1.54, 1.807) is 0 Å². The summed E-state index contributed by atoms with van der Waals surface area (Å²) in [5, 5.41) is 0. The van der Waals surface area contributed by atoms with Crippen LogP contribution in [0.3, 0.4) is 0 Å². The summed E-state index contributed by atoms with van der Waals surface area (Å²) in [4.78, 5) is 12.6. The van der Waals surface area contributed by atoms with Crippen molar-refractivity contribution in [1.29, 1.82) is 0 Å². The summed E-state index contributed by atoms with van der Waals surface area (Å²) in [7, 11) is -3.35. The Morgan fingerprint density at radius 1 is 0.957 bits per heavy atom. The van der Waals surface area contributed by atoms with E-state index in [1.807, 2.05) is 0 Å². The van der Waals surface area contributed by atoms with Crippen molar-refractivity contribution in [3.8, 4) is 0 Å². The fourth-order valence-electron chi connectivity index (χ4n) is 4.72. The van der Waals surface area contributed by atoms with Gasteiger partial charge in [-0.2, -0.15) is 4.31 Å². The van der Waals surface area contributed by atoms with E-state index in [1.165, 1.54) is 36.2 Å². The lowest BCUT2D eigenvalue weighted by molar-refractivity contribution is -0.158. The predicted molar refractivity (Wildman–Crippen MR) is 88.4 cm³/mol. The Hall–Kier alpha value is -0.620. The minimum Gasteiger partial charge on any atom is -0.461 e. The van der Waals surface area contributed by atoms with Gasteiger partial charge in [0.2, 0.25) is 10.0 Å². The molecule has 0 amide bonds. The van der Waals surface area contributed by atoms with Crippen LogP contribution in [0.4, 0.5) is 0 Å². The quantitative estimate of drug-likeness (QED) is 0.739. The molecular formula is C17H29NO4S. The minimum atomic E-state index is -3.35. The van der Waals surface area contributed by atoms with Crippen LogP contribution in [0.2, 0.25) is 0 Å². The number of ether oxygens (including phenoxy) is 1. The van der Waals surface area contributed by atoms with Gasteiger partial charge in [0, 0.05) is 6.54 Å². The summed E-state index contributed by atoms with van der Waals surface area (Å²) in [5.74, 6) is 1.20. The van der Waals surface area contributed by atoms with Crippen molar-refractivity contribution < 1.29 is 17.9 Å². The van der Waals surface area contributed by atoms with E-state index in [0.717, 1.165) is 38.0 Å². The number of hydrogen-bond acceptors (Lipinski definition) is 4. The van der Waals surface area contributed by atoms with Crippen LogP contribution in [-0.4, -0.2) is 43.6 Å². The Bertz CT molecular complexity index is 533. The van der Waals surface area contributed by atoms with Gasteiger partial charge in [-0.05, 0) is 50.4 Å². The van der Waals surface area contributed by atoms with Crippen LogP contribution in [0.15, 0.2) is 0 Å². The first-order valence-corrected chi connectivity index (χ1v) is 11.0. The molecule has 0 aromatic heterocycles. The molecule has 2 aliphatic carbocycles. The number of fused-ring (bicyclic) bond motifs is 1. The number of carbonyl (C=O) groups excluding carboxylic acids is 1. The Labute approximate surface area is 139 Å². The SMILES string of the molecule is CS(=O)(=O)N1CCCC[C@@H]1C(=O)O[C@@H]1CC[C@@H]2CCCC[C@H]2C1. The molecule has 0 aromatic rings. The molecule has 0 spiro atoms. The van der Waals surface area contributed by atoms with E-state index in [9.17, 15) is 13.2 Å². The molecule has 2 saturated carbocycles. The van der Waals surface area contributed by atoms with E-state index >= 15 is 0 Å². The third-order valence-electron chi connectivity index (χ3n) is 5.93. The molecule has 23 heavy (non-hydrogen) atoms. The molecule has 0 radical (unpaired) electrons. The van der Waals surface area contributed by atoms with Gasteiger partial charge in [0.05, 0.1) is 6.26 Å². The van der Waals surface area contributed by atoms with Crippen LogP contribution in [0.5, 0.6) is 0 Å². The first-order chi connectivity index (χ1) is 10.9. The third kappa shape index (κ3) is 4.08. The highest BCUT2D eigenvalue weighted by Gasteiger charge is 2.38. The van der Waals surface area contributed by atoms with Gasteiger partial charge in [-0.15, -0.1) is 0 Å². The maximum Gasteiger partial charge on any atom is 0.324 e. The Kier molecular flexibility index (Phi) is 5.31. The lowest BCUT2D eigenvalue weighted by Gasteiger charge is -2.40. The van der Waals surface area contributed by atoms with Crippen LogP contribution in [0.1, 0.15) is 64.2 Å². The Morgan fingerprint density at radius 3 is 2.39 bits per heavy atom. The van der Waals surface area contributed by atoms with E-state index in [0.29, 0.717) is 18.9 Å². The zero-order chi connectivity index (χ0) is 16.4. The summed E-state index contributed by atoms with van der Waals surface area (Å²) in [5.41, 5.74) is 0. The van der Waals surface area contributed by atoms with Gasteiger partial charge < -0.3 is 4.74 Å². The summed E-state index contributed by atoms with van der Waals surface area (Å²) < 4.78 is 30.9. The van der Waals surface area contributed by atoms with Crippen LogP contribution >= 0.6 is 0 Å². The van der Waals surface area contributed by atoms with Crippen molar-refractivity contribution in [3.63, 3.8) is 0 Å². The number of hydrogen-bond donors (Lipinski definition) is 0. The molecule has 0 unspecified atom stereocenters. The molecule has 1 heterocycles. The van der Waals surface area contributed by atoms with Crippen molar-refractivity contribution in [3.05, 3.63) is 0 Å². The number of esters is 1. The number of sulfonamides is 1. The van der Waals surface area contributed by atoms with Gasteiger partial charge in [0.1, 0.15) is 12.1 Å². The maximum absolute atomic E-state index is 12.6. The average molecular weight is 343 g/mol. The Morgan fingerprint density at radius 2 is 1.65 bits per heavy atom. The summed E-state index contributed by atoms with van der Waals surface area (Å²) >= 11 is 0. The van der Waals surface area contributed by atoms with Crippen molar-refractivity contribution in [2.45, 2.75) is 76.4 Å². The fourth-order valence-corrected chi connectivity index (χ4v) is 5.83. The molecule has 3 aliphatic rings. The van der Waals surface area contributed by atoms with Crippen molar-refractivity contribution in [2.24, 2.45) is 11.8 Å². The zero-order valence-corrected chi connectivity index (χ0v) is 14.9. The van der Waals surface area contributed by atoms with Gasteiger partial charge in [-0.3, -0.25) is 4.79 Å². The lowest BCUT2D eigenvalue weighted by atomic mass is 9.70. The molecule has 0 N–H and O–H groups in total. The van der Waals surface area contributed by atoms with E-state index in [2.05, 4.69) is 0 Å². The third-order valence-corrected chi connectivity index (χ3v) is 7.22. The van der Waals surface area contributed by atoms with Crippen LogP contribution < -0.4 is 0 Å². The van der Waals surface area contributed by atoms with Crippen LogP contribution in [0, 0.1) is 11.8 Å². The number of nitrogens with zero attached hydrogens (tertiary/aromatic N) is 1. The first kappa shape index (κ1) is 17.2. The highest BCUT2D eigenvalue weighted by Crippen LogP contribution is 2.41. The number of carbonyl (C=O) groups is 1. The fraction of sp³-hybridized carbons (Fsp3) is 0.941. The second-order valence-electron chi connectivity index (χ2n) is 7.56. The molecule has 3 rings (SSSR count). The van der Waals surface area contributed by atoms with Gasteiger partial charge in [-0.1, -0.05) is 25.7 Å². The van der Waals surface area contributed by atoms with Gasteiger partial charge >= 0.3 is 5.97 Å². The minimum absolute atomic E-state index is 0.00909. The van der Waals surface area contributed by atoms with E-state index in [4.69, 9.17) is 4.74 Å². The summed E-state index contributed by atoms with van der Waals surface area (Å²) in [6, 6.07) is -0.608. The molecule has 6 heteroatoms. The van der Waals surface area contributed by atoms with E-state index in [-0.39, 0.29) is 12.1 Å². The molecule has 0 bridgehead atoms. The predicted octanol–water partition coefficient (Wildman–Crippen LogP) is 2.70. The number of rotatable bonds is 3. The van der Waals surface area contributed by atoms with Gasteiger partial charge in [0.15, 0.2) is 0 Å². The van der Waals surface area contributed by atoms with Gasteiger partial charge in [0.25, 0.3) is 0 Å². The molecule has 0 aromatic carbocycles. The van der Waals surface area contributed by atoms with Crippen LogP contribution in [0.25, 0.3) is 0 Å². The van der Waals surface area contributed by atoms with Crippen LogP contribution in [-0.2, 0) is 19.6 Å². The summed E-state index contributed by atoms with van der Waals surface area (Å²) in [6.45, 7) is 0.438. The molecule has 4 atom stereocenters. The molecular weight excluding hydrogens is 314 g/mol. The first-order valence-electron chi connectivity index (χ1n) is 9.12. The lowest BCUT2D eigenvalue weighted by Crippen LogP contribution is -2.49. The maximum atomic E-state index is 12.6. The second kappa shape index (κ2) is 7.09. The molecule has 5 nitrogen and oxygen atoms in total. The monoisotopic (exact) mass is 343 g/mol. The molecule has 132 valence electrons. The smallest absolute Gasteiger partial charge is 0.324 e. The highest BCUT2D eigenvalue weighted by atomic mass is 32.2.